The highest BCUT2D eigenvalue weighted by Crippen LogP contribution is 2.26. The number of halogens is 3. The molecule has 0 fully saturated rings. The Balaban J connectivity index is 2.66. The summed E-state index contributed by atoms with van der Waals surface area (Å²) in [6.07, 6.45) is 0.743. The van der Waals surface area contributed by atoms with Gasteiger partial charge >= 0.3 is 5.97 Å². The van der Waals surface area contributed by atoms with E-state index in [0.717, 1.165) is 18.3 Å². The second-order valence-corrected chi connectivity index (χ2v) is 3.89. The molecule has 0 spiro atoms. The molecule has 1 aromatic carbocycles. The van der Waals surface area contributed by atoms with E-state index in [4.69, 9.17) is 5.11 Å². The zero-order valence-corrected chi connectivity index (χ0v) is 9.75. The average molecular weight is 267 g/mol. The number of aromatic nitrogens is 1. The van der Waals surface area contributed by atoms with Gasteiger partial charge in [0.1, 0.15) is 5.56 Å². The van der Waals surface area contributed by atoms with Gasteiger partial charge in [0.25, 0.3) is 0 Å². The van der Waals surface area contributed by atoms with Gasteiger partial charge in [-0.3, -0.25) is 4.98 Å². The fourth-order valence-electron chi connectivity index (χ4n) is 1.78. The monoisotopic (exact) mass is 267 g/mol. The fourth-order valence-corrected chi connectivity index (χ4v) is 1.78. The van der Waals surface area contributed by atoms with Crippen molar-refractivity contribution in [1.82, 2.24) is 4.98 Å². The third-order valence-electron chi connectivity index (χ3n) is 2.68. The van der Waals surface area contributed by atoms with Crippen LogP contribution >= 0.6 is 0 Å². The summed E-state index contributed by atoms with van der Waals surface area (Å²) in [5.74, 6) is -4.53. The minimum atomic E-state index is -1.44. The number of benzene rings is 1. The first-order valence-electron chi connectivity index (χ1n) is 5.25. The quantitative estimate of drug-likeness (QED) is 0.909. The summed E-state index contributed by atoms with van der Waals surface area (Å²) in [5, 5.41) is 8.91. The summed E-state index contributed by atoms with van der Waals surface area (Å²) in [6.45, 7) is 1.36. The molecule has 0 aliphatic heterocycles. The topological polar surface area (TPSA) is 50.2 Å². The number of carbonyl (C=O) groups is 1. The zero-order valence-electron chi connectivity index (χ0n) is 9.75. The van der Waals surface area contributed by atoms with E-state index in [9.17, 15) is 18.0 Å². The summed E-state index contributed by atoms with van der Waals surface area (Å²) in [7, 11) is 0. The standard InChI is InChI=1S/C13H8F3NO2/c1-6-11(13(18)19)10(16)5-17-12(6)7-2-3-8(14)9(15)4-7/h2-5H,1H3,(H,18,19). The molecule has 2 rings (SSSR count). The van der Waals surface area contributed by atoms with Crippen LogP contribution in [0, 0.1) is 24.4 Å². The molecular weight excluding hydrogens is 259 g/mol. The van der Waals surface area contributed by atoms with Gasteiger partial charge in [-0.2, -0.15) is 0 Å². The predicted octanol–water partition coefficient (Wildman–Crippen LogP) is 3.17. The van der Waals surface area contributed by atoms with Crippen molar-refractivity contribution >= 4 is 5.97 Å². The van der Waals surface area contributed by atoms with Crippen LogP contribution < -0.4 is 0 Å². The van der Waals surface area contributed by atoms with E-state index >= 15 is 0 Å². The van der Waals surface area contributed by atoms with Gasteiger partial charge in [0.15, 0.2) is 17.5 Å². The van der Waals surface area contributed by atoms with Crippen molar-refractivity contribution in [3.05, 3.63) is 53.0 Å². The fraction of sp³-hybridized carbons (Fsp3) is 0.0769. The van der Waals surface area contributed by atoms with Crippen LogP contribution in [0.25, 0.3) is 11.3 Å². The summed E-state index contributed by atoms with van der Waals surface area (Å²) >= 11 is 0. The lowest BCUT2D eigenvalue weighted by Crippen LogP contribution is -2.06. The molecule has 98 valence electrons. The van der Waals surface area contributed by atoms with Crippen molar-refractivity contribution in [3.8, 4) is 11.3 Å². The minimum Gasteiger partial charge on any atom is -0.478 e. The lowest BCUT2D eigenvalue weighted by Gasteiger charge is -2.09. The molecule has 6 heteroatoms. The number of aromatic carboxylic acids is 1. The van der Waals surface area contributed by atoms with Crippen LogP contribution in [0.3, 0.4) is 0 Å². The average Bonchev–Trinajstić information content (AvgIpc) is 2.33. The zero-order chi connectivity index (χ0) is 14.2. The third-order valence-corrected chi connectivity index (χ3v) is 2.68. The van der Waals surface area contributed by atoms with Gasteiger partial charge < -0.3 is 5.11 Å². The summed E-state index contributed by atoms with van der Waals surface area (Å²) in [4.78, 5) is 14.7. The number of carboxylic acid groups (broad SMARTS) is 1. The van der Waals surface area contributed by atoms with E-state index in [1.54, 1.807) is 0 Å². The summed E-state index contributed by atoms with van der Waals surface area (Å²) in [5.41, 5.74) is -0.204. The van der Waals surface area contributed by atoms with E-state index in [2.05, 4.69) is 4.98 Å². The molecule has 0 atom stereocenters. The molecule has 1 N–H and O–H groups in total. The van der Waals surface area contributed by atoms with E-state index in [1.165, 1.54) is 13.0 Å². The predicted molar refractivity (Wildman–Crippen MR) is 61.2 cm³/mol. The molecule has 2 aromatic rings. The maximum absolute atomic E-state index is 13.4. The molecule has 0 aliphatic carbocycles. The number of nitrogens with zero attached hydrogens (tertiary/aromatic N) is 1. The van der Waals surface area contributed by atoms with Crippen LogP contribution in [-0.4, -0.2) is 16.1 Å². The molecule has 0 bridgehead atoms. The molecule has 3 nitrogen and oxygen atoms in total. The molecular formula is C13H8F3NO2. The van der Waals surface area contributed by atoms with Gasteiger partial charge in [-0.25, -0.2) is 18.0 Å². The molecule has 1 aromatic heterocycles. The Morgan fingerprint density at radius 2 is 1.84 bits per heavy atom. The van der Waals surface area contributed by atoms with Gasteiger partial charge in [-0.1, -0.05) is 0 Å². The van der Waals surface area contributed by atoms with Gasteiger partial charge in [0.2, 0.25) is 0 Å². The highest BCUT2D eigenvalue weighted by Gasteiger charge is 2.19. The first-order chi connectivity index (χ1) is 8.91. The maximum atomic E-state index is 13.4. The van der Waals surface area contributed by atoms with E-state index in [1.807, 2.05) is 0 Å². The molecule has 0 amide bonds. The van der Waals surface area contributed by atoms with Crippen LogP contribution in [0.2, 0.25) is 0 Å². The number of hydrogen-bond acceptors (Lipinski definition) is 2. The van der Waals surface area contributed by atoms with Crippen molar-refractivity contribution in [2.24, 2.45) is 0 Å². The Morgan fingerprint density at radius 1 is 1.16 bits per heavy atom. The molecule has 0 aliphatic rings. The summed E-state index contributed by atoms with van der Waals surface area (Å²) in [6, 6.07) is 3.03. The smallest absolute Gasteiger partial charge is 0.339 e. The normalized spacial score (nSPS) is 10.5. The lowest BCUT2D eigenvalue weighted by atomic mass is 10.0. The Labute approximate surface area is 106 Å². The van der Waals surface area contributed by atoms with Crippen molar-refractivity contribution in [2.45, 2.75) is 6.92 Å². The van der Waals surface area contributed by atoms with Crippen LogP contribution in [0.1, 0.15) is 15.9 Å². The number of carboxylic acids is 1. The maximum Gasteiger partial charge on any atom is 0.339 e. The number of rotatable bonds is 2. The molecule has 1 heterocycles. The van der Waals surface area contributed by atoms with Crippen molar-refractivity contribution in [3.63, 3.8) is 0 Å². The van der Waals surface area contributed by atoms with Gasteiger partial charge in [0, 0.05) is 5.56 Å². The summed E-state index contributed by atoms with van der Waals surface area (Å²) < 4.78 is 39.3. The highest BCUT2D eigenvalue weighted by atomic mass is 19.2. The van der Waals surface area contributed by atoms with Crippen LogP contribution in [0.5, 0.6) is 0 Å². The van der Waals surface area contributed by atoms with Crippen molar-refractivity contribution in [2.75, 3.05) is 0 Å². The lowest BCUT2D eigenvalue weighted by molar-refractivity contribution is 0.0691. The van der Waals surface area contributed by atoms with Gasteiger partial charge in [-0.15, -0.1) is 0 Å². The van der Waals surface area contributed by atoms with E-state index < -0.39 is 29.0 Å². The number of pyridine rings is 1. The Hall–Kier alpha value is -2.37. The van der Waals surface area contributed by atoms with E-state index in [-0.39, 0.29) is 16.8 Å². The molecule has 0 saturated carbocycles. The van der Waals surface area contributed by atoms with Crippen LogP contribution in [-0.2, 0) is 0 Å². The number of hydrogen-bond donors (Lipinski definition) is 1. The van der Waals surface area contributed by atoms with Crippen LogP contribution in [0.4, 0.5) is 13.2 Å². The molecule has 19 heavy (non-hydrogen) atoms. The van der Waals surface area contributed by atoms with Gasteiger partial charge in [0.05, 0.1) is 11.9 Å². The van der Waals surface area contributed by atoms with Gasteiger partial charge in [-0.05, 0) is 30.7 Å². The Morgan fingerprint density at radius 3 is 2.42 bits per heavy atom. The molecule has 0 saturated heterocycles. The highest BCUT2D eigenvalue weighted by molar-refractivity contribution is 5.91. The van der Waals surface area contributed by atoms with Crippen LogP contribution in [0.15, 0.2) is 24.4 Å². The third kappa shape index (κ3) is 2.29. The molecule has 0 radical (unpaired) electrons. The SMILES string of the molecule is Cc1c(-c2ccc(F)c(F)c2)ncc(F)c1C(=O)O. The Kier molecular flexibility index (Phi) is 3.25. The van der Waals surface area contributed by atoms with Crippen molar-refractivity contribution < 1.29 is 23.1 Å². The molecule has 0 unspecified atom stereocenters. The van der Waals surface area contributed by atoms with Crippen molar-refractivity contribution in [1.29, 1.82) is 0 Å². The first kappa shape index (κ1) is 13.1. The second-order valence-electron chi connectivity index (χ2n) is 3.89. The first-order valence-corrected chi connectivity index (χ1v) is 5.25. The Bertz CT molecular complexity index is 671. The minimum absolute atomic E-state index is 0.0542. The second kappa shape index (κ2) is 4.72. The van der Waals surface area contributed by atoms with E-state index in [0.29, 0.717) is 0 Å². The largest absolute Gasteiger partial charge is 0.478 e.